The van der Waals surface area contributed by atoms with Crippen molar-refractivity contribution in [3.05, 3.63) is 78.2 Å². The standard InChI is InChI=1S/C18H16O5/c1-2-10-22-23-12-11-21-15-8-9-16(17(19)13-15)18(20)14-6-4-3-5-7-14/h3-10,13,19H,1,11-12H2. The van der Waals surface area contributed by atoms with Crippen molar-refractivity contribution in [3.63, 3.8) is 0 Å². The summed E-state index contributed by atoms with van der Waals surface area (Å²) >= 11 is 0. The highest BCUT2D eigenvalue weighted by Gasteiger charge is 2.13. The second-order valence-corrected chi connectivity index (χ2v) is 4.46. The summed E-state index contributed by atoms with van der Waals surface area (Å²) in [6, 6.07) is 13.3. The van der Waals surface area contributed by atoms with Gasteiger partial charge in [-0.25, -0.2) is 0 Å². The molecular formula is C18H16O5. The van der Waals surface area contributed by atoms with Gasteiger partial charge < -0.3 is 14.7 Å². The van der Waals surface area contributed by atoms with Crippen LogP contribution in [0.2, 0.25) is 0 Å². The molecule has 0 bridgehead atoms. The van der Waals surface area contributed by atoms with Gasteiger partial charge in [0.2, 0.25) is 0 Å². The highest BCUT2D eigenvalue weighted by atomic mass is 17.2. The SMILES string of the molecule is C=C=COOCCOc1ccc(C(=O)c2ccccc2)c(O)c1. The number of ether oxygens (including phenoxy) is 1. The van der Waals surface area contributed by atoms with E-state index in [0.717, 1.165) is 0 Å². The third-order valence-corrected chi connectivity index (χ3v) is 2.88. The summed E-state index contributed by atoms with van der Waals surface area (Å²) in [5.74, 6) is 0.0423. The number of hydrogen-bond acceptors (Lipinski definition) is 5. The van der Waals surface area contributed by atoms with Gasteiger partial charge >= 0.3 is 0 Å². The average Bonchev–Trinajstić information content (AvgIpc) is 2.58. The van der Waals surface area contributed by atoms with Crippen molar-refractivity contribution in [2.24, 2.45) is 0 Å². The maximum absolute atomic E-state index is 12.3. The number of rotatable bonds is 8. The van der Waals surface area contributed by atoms with Gasteiger partial charge in [0, 0.05) is 11.6 Å². The van der Waals surface area contributed by atoms with Gasteiger partial charge in [-0.05, 0) is 12.1 Å². The van der Waals surface area contributed by atoms with E-state index >= 15 is 0 Å². The minimum Gasteiger partial charge on any atom is -0.507 e. The summed E-state index contributed by atoms with van der Waals surface area (Å²) in [6.07, 6.45) is 1.18. The van der Waals surface area contributed by atoms with Crippen LogP contribution in [0.1, 0.15) is 15.9 Å². The van der Waals surface area contributed by atoms with Crippen LogP contribution in [0.4, 0.5) is 0 Å². The van der Waals surface area contributed by atoms with Gasteiger partial charge in [-0.2, -0.15) is 4.89 Å². The molecule has 0 aliphatic carbocycles. The molecule has 5 heteroatoms. The van der Waals surface area contributed by atoms with Gasteiger partial charge in [0.25, 0.3) is 0 Å². The number of ketones is 1. The van der Waals surface area contributed by atoms with Crippen molar-refractivity contribution in [1.82, 2.24) is 0 Å². The molecule has 118 valence electrons. The Bertz CT molecular complexity index is 703. The van der Waals surface area contributed by atoms with E-state index in [2.05, 4.69) is 17.2 Å². The van der Waals surface area contributed by atoms with E-state index in [1.807, 2.05) is 6.07 Å². The van der Waals surface area contributed by atoms with E-state index in [1.54, 1.807) is 30.3 Å². The molecule has 0 atom stereocenters. The summed E-state index contributed by atoms with van der Waals surface area (Å²) < 4.78 is 5.38. The molecule has 0 aliphatic heterocycles. The first kappa shape index (κ1) is 16.4. The Hall–Kier alpha value is -3.01. The summed E-state index contributed by atoms with van der Waals surface area (Å²) in [5.41, 5.74) is 3.12. The molecule has 0 saturated heterocycles. The third-order valence-electron chi connectivity index (χ3n) is 2.88. The predicted molar refractivity (Wildman–Crippen MR) is 84.2 cm³/mol. The first-order valence-electron chi connectivity index (χ1n) is 6.90. The lowest BCUT2D eigenvalue weighted by Gasteiger charge is -2.08. The Balaban J connectivity index is 1.95. The fourth-order valence-electron chi connectivity index (χ4n) is 1.85. The minimum absolute atomic E-state index is 0.136. The van der Waals surface area contributed by atoms with E-state index in [0.29, 0.717) is 11.3 Å². The fourth-order valence-corrected chi connectivity index (χ4v) is 1.85. The topological polar surface area (TPSA) is 65.0 Å². The van der Waals surface area contributed by atoms with E-state index in [9.17, 15) is 9.90 Å². The lowest BCUT2D eigenvalue weighted by atomic mass is 10.0. The number of hydrogen-bond donors (Lipinski definition) is 1. The zero-order valence-corrected chi connectivity index (χ0v) is 12.4. The lowest BCUT2D eigenvalue weighted by Crippen LogP contribution is -2.06. The van der Waals surface area contributed by atoms with Crippen LogP contribution in [0.15, 0.2) is 67.1 Å². The smallest absolute Gasteiger partial charge is 0.196 e. The molecule has 2 aromatic carbocycles. The Labute approximate surface area is 134 Å². The molecule has 0 saturated carbocycles. The number of carbonyl (C=O) groups excluding carboxylic acids is 1. The molecule has 0 amide bonds. The molecule has 2 aromatic rings. The van der Waals surface area contributed by atoms with Crippen LogP contribution in [0.25, 0.3) is 0 Å². The van der Waals surface area contributed by atoms with Crippen LogP contribution in [-0.2, 0) is 9.78 Å². The van der Waals surface area contributed by atoms with Crippen molar-refractivity contribution in [2.75, 3.05) is 13.2 Å². The van der Waals surface area contributed by atoms with E-state index in [1.165, 1.54) is 18.4 Å². The van der Waals surface area contributed by atoms with Crippen LogP contribution < -0.4 is 4.74 Å². The minimum atomic E-state index is -0.248. The molecule has 1 N–H and O–H groups in total. The van der Waals surface area contributed by atoms with Crippen LogP contribution in [-0.4, -0.2) is 24.1 Å². The molecule has 0 spiro atoms. The maximum atomic E-state index is 12.3. The van der Waals surface area contributed by atoms with Gasteiger partial charge in [0.05, 0.1) is 5.56 Å². The van der Waals surface area contributed by atoms with Gasteiger partial charge in [-0.3, -0.25) is 4.79 Å². The summed E-state index contributed by atoms with van der Waals surface area (Å²) in [7, 11) is 0. The number of aromatic hydroxyl groups is 1. The molecule has 0 heterocycles. The quantitative estimate of drug-likeness (QED) is 0.202. The second-order valence-electron chi connectivity index (χ2n) is 4.46. The molecule has 2 rings (SSSR count). The largest absolute Gasteiger partial charge is 0.507 e. The second kappa shape index (κ2) is 8.44. The van der Waals surface area contributed by atoms with E-state index in [-0.39, 0.29) is 30.3 Å². The number of carbonyl (C=O) groups is 1. The number of benzene rings is 2. The number of phenolic OH excluding ortho intramolecular Hbond substituents is 1. The average molecular weight is 312 g/mol. The van der Waals surface area contributed by atoms with E-state index in [4.69, 9.17) is 9.62 Å². The maximum Gasteiger partial charge on any atom is 0.196 e. The summed E-state index contributed by atoms with van der Waals surface area (Å²) in [4.78, 5) is 21.6. The first-order chi connectivity index (χ1) is 11.2. The summed E-state index contributed by atoms with van der Waals surface area (Å²) in [6.45, 7) is 3.71. The zero-order valence-electron chi connectivity index (χ0n) is 12.4. The Morgan fingerprint density at radius 2 is 1.96 bits per heavy atom. The Morgan fingerprint density at radius 1 is 1.17 bits per heavy atom. The van der Waals surface area contributed by atoms with Crippen molar-refractivity contribution in [2.45, 2.75) is 0 Å². The molecule has 0 radical (unpaired) electrons. The Morgan fingerprint density at radius 3 is 2.65 bits per heavy atom. The van der Waals surface area contributed by atoms with Crippen LogP contribution in [0.3, 0.4) is 0 Å². The van der Waals surface area contributed by atoms with Crippen molar-refractivity contribution in [1.29, 1.82) is 0 Å². The summed E-state index contributed by atoms with van der Waals surface area (Å²) in [5, 5.41) is 10.0. The van der Waals surface area contributed by atoms with Crippen LogP contribution in [0, 0.1) is 0 Å². The fraction of sp³-hybridized carbons (Fsp3) is 0.111. The van der Waals surface area contributed by atoms with Crippen molar-refractivity contribution in [3.8, 4) is 11.5 Å². The zero-order chi connectivity index (χ0) is 16.5. The lowest BCUT2D eigenvalue weighted by molar-refractivity contribution is -0.251. The molecule has 0 aromatic heterocycles. The van der Waals surface area contributed by atoms with Gasteiger partial charge in [-0.1, -0.05) is 42.6 Å². The molecule has 0 fully saturated rings. The molecule has 23 heavy (non-hydrogen) atoms. The first-order valence-corrected chi connectivity index (χ1v) is 6.90. The molecule has 0 unspecified atom stereocenters. The van der Waals surface area contributed by atoms with Gasteiger partial charge in [0.15, 0.2) is 12.0 Å². The number of phenols is 1. The highest BCUT2D eigenvalue weighted by Crippen LogP contribution is 2.25. The van der Waals surface area contributed by atoms with E-state index < -0.39 is 0 Å². The van der Waals surface area contributed by atoms with Gasteiger partial charge in [-0.15, -0.1) is 0 Å². The van der Waals surface area contributed by atoms with Crippen molar-refractivity contribution >= 4 is 5.78 Å². The normalized spacial score (nSPS) is 9.74. The molecule has 0 aliphatic rings. The molecule has 5 nitrogen and oxygen atoms in total. The van der Waals surface area contributed by atoms with Crippen LogP contribution in [0.5, 0.6) is 11.5 Å². The van der Waals surface area contributed by atoms with Crippen LogP contribution >= 0.6 is 0 Å². The third kappa shape index (κ3) is 4.74. The van der Waals surface area contributed by atoms with Crippen molar-refractivity contribution < 1.29 is 24.4 Å². The Kier molecular flexibility index (Phi) is 6.00. The predicted octanol–water partition coefficient (Wildman–Crippen LogP) is 3.25. The highest BCUT2D eigenvalue weighted by molar-refractivity contribution is 6.10. The van der Waals surface area contributed by atoms with Gasteiger partial charge in [0.1, 0.15) is 24.7 Å². The molecular weight excluding hydrogens is 296 g/mol. The monoisotopic (exact) mass is 312 g/mol.